The van der Waals surface area contributed by atoms with Crippen molar-refractivity contribution in [2.24, 2.45) is 0 Å². The van der Waals surface area contributed by atoms with E-state index in [4.69, 9.17) is 18.5 Å². The molecule has 1 saturated carbocycles. The third kappa shape index (κ3) is 24.3. The molecule has 0 aromatic carbocycles. The number of aliphatic hydroxyl groups excluding tert-OH is 5. The van der Waals surface area contributed by atoms with Crippen molar-refractivity contribution in [3.63, 3.8) is 0 Å². The van der Waals surface area contributed by atoms with E-state index in [1.165, 1.54) is 89.9 Å². The lowest BCUT2D eigenvalue weighted by molar-refractivity contribution is -0.220. The van der Waals surface area contributed by atoms with Gasteiger partial charge in [0.15, 0.2) is 6.10 Å². The minimum Gasteiger partial charge on any atom is -0.462 e. The Hall–Kier alpha value is -1.41. The number of hydrogen-bond acceptors (Lipinski definition) is 12. The Labute approximate surface area is 324 Å². The van der Waals surface area contributed by atoms with Gasteiger partial charge in [-0.1, -0.05) is 135 Å². The number of aliphatic hydroxyl groups is 5. The molecule has 8 atom stereocenters. The molecule has 6 N–H and O–H groups in total. The lowest BCUT2D eigenvalue weighted by atomic mass is 9.85. The van der Waals surface area contributed by atoms with Crippen LogP contribution >= 0.6 is 7.82 Å². The van der Waals surface area contributed by atoms with Gasteiger partial charge in [-0.3, -0.25) is 18.6 Å². The van der Waals surface area contributed by atoms with Gasteiger partial charge in [-0.2, -0.15) is 0 Å². The van der Waals surface area contributed by atoms with Crippen LogP contribution in [0.5, 0.6) is 0 Å². The highest BCUT2D eigenvalue weighted by Crippen LogP contribution is 2.47. The van der Waals surface area contributed by atoms with Crippen LogP contribution in [0.4, 0.5) is 0 Å². The highest BCUT2D eigenvalue weighted by atomic mass is 31.2. The van der Waals surface area contributed by atoms with E-state index in [-0.39, 0.29) is 12.8 Å². The van der Waals surface area contributed by atoms with E-state index in [0.29, 0.717) is 12.8 Å². The molecule has 0 spiro atoms. The largest absolute Gasteiger partial charge is 0.472 e. The molecule has 0 aromatic heterocycles. The first kappa shape index (κ1) is 50.6. The molecule has 54 heavy (non-hydrogen) atoms. The van der Waals surface area contributed by atoms with E-state index in [9.17, 15) is 44.6 Å². The van der Waals surface area contributed by atoms with Gasteiger partial charge in [0.05, 0.1) is 6.61 Å². The van der Waals surface area contributed by atoms with Gasteiger partial charge in [0.2, 0.25) is 0 Å². The van der Waals surface area contributed by atoms with Crippen LogP contribution in [0.2, 0.25) is 0 Å². The molecule has 13 nitrogen and oxygen atoms in total. The maximum Gasteiger partial charge on any atom is 0.472 e. The van der Waals surface area contributed by atoms with Crippen LogP contribution in [0.15, 0.2) is 12.2 Å². The Morgan fingerprint density at radius 2 is 0.944 bits per heavy atom. The molecular formula is C40H75O13P. The maximum atomic E-state index is 12.7. The highest BCUT2D eigenvalue weighted by molar-refractivity contribution is 7.47. The van der Waals surface area contributed by atoms with Crippen molar-refractivity contribution in [2.75, 3.05) is 13.2 Å². The fraction of sp³-hybridized carbons (Fsp3) is 0.900. The number of allylic oxidation sites excluding steroid dienone is 2. The maximum absolute atomic E-state index is 12.7. The number of phosphoric acid groups is 1. The smallest absolute Gasteiger partial charge is 0.462 e. The van der Waals surface area contributed by atoms with Gasteiger partial charge in [0.25, 0.3) is 0 Å². The second kappa shape index (κ2) is 31.6. The minimum absolute atomic E-state index is 0.0967. The molecule has 0 radical (unpaired) electrons. The van der Waals surface area contributed by atoms with Gasteiger partial charge in [-0.15, -0.1) is 0 Å². The predicted octanol–water partition coefficient (Wildman–Crippen LogP) is 7.11. The third-order valence-corrected chi connectivity index (χ3v) is 10.8. The summed E-state index contributed by atoms with van der Waals surface area (Å²) < 4.78 is 33.3. The Bertz CT molecular complexity index is 1010. The van der Waals surface area contributed by atoms with Crippen LogP contribution in [0, 0.1) is 0 Å². The van der Waals surface area contributed by atoms with Crippen molar-refractivity contribution >= 4 is 19.8 Å². The van der Waals surface area contributed by atoms with E-state index in [0.717, 1.165) is 44.9 Å². The van der Waals surface area contributed by atoms with Gasteiger partial charge < -0.3 is 39.9 Å². The highest BCUT2D eigenvalue weighted by Gasteiger charge is 2.51. The molecule has 6 unspecified atom stereocenters. The Morgan fingerprint density at radius 1 is 0.556 bits per heavy atom. The van der Waals surface area contributed by atoms with Crippen LogP contribution in [0.25, 0.3) is 0 Å². The standard InChI is InChI=1S/C40H75O13P/c1-3-5-7-9-11-13-15-16-17-18-19-21-22-24-26-28-33(41)50-30-32(52-34(42)29-27-25-23-20-14-12-10-8-6-4-2)31-51-54(48,49)53-40-38(46)36(44)35(43)37(45)39(40)47/h19,21,32,35-40,43-47H,3-18,20,22-31H2,1-2H3,(H,48,49)/b21-19+/t32-,35?,36-,37?,38?,39?,40?/m1/s1. The molecule has 1 aliphatic rings. The average molecular weight is 795 g/mol. The lowest BCUT2D eigenvalue weighted by Crippen LogP contribution is -2.64. The van der Waals surface area contributed by atoms with Crippen LogP contribution < -0.4 is 0 Å². The number of esters is 2. The predicted molar refractivity (Wildman–Crippen MR) is 207 cm³/mol. The van der Waals surface area contributed by atoms with Gasteiger partial charge in [0, 0.05) is 12.8 Å². The van der Waals surface area contributed by atoms with Crippen molar-refractivity contribution in [3.05, 3.63) is 12.2 Å². The fourth-order valence-corrected chi connectivity index (χ4v) is 7.37. The second-order valence-electron chi connectivity index (χ2n) is 14.8. The number of unbranched alkanes of at least 4 members (excludes halogenated alkanes) is 20. The molecule has 0 bridgehead atoms. The topological polar surface area (TPSA) is 210 Å². The summed E-state index contributed by atoms with van der Waals surface area (Å²) in [7, 11) is -5.11. The van der Waals surface area contributed by atoms with E-state index < -0.39 is 75.7 Å². The third-order valence-electron chi connectivity index (χ3n) is 9.86. The summed E-state index contributed by atoms with van der Waals surface area (Å²) in [5.74, 6) is -1.12. The van der Waals surface area contributed by atoms with Gasteiger partial charge in [-0.05, 0) is 38.5 Å². The number of rotatable bonds is 34. The van der Waals surface area contributed by atoms with Crippen LogP contribution in [-0.4, -0.2) is 98.3 Å². The molecule has 0 amide bonds. The number of carbonyl (C=O) groups excluding carboxylic acids is 2. The van der Waals surface area contributed by atoms with Crippen molar-refractivity contribution in [3.8, 4) is 0 Å². The Morgan fingerprint density at radius 3 is 1.44 bits per heavy atom. The number of phosphoric ester groups is 1. The SMILES string of the molecule is CCCCCCCCCCC/C=C/CCCCC(=O)OC[C@H](COP(=O)(O)OC1C(O)C(O)C(O)[C@@H](O)C1O)OC(=O)CCCCCCCCCCCC. The summed E-state index contributed by atoms with van der Waals surface area (Å²) >= 11 is 0. The summed E-state index contributed by atoms with van der Waals surface area (Å²) in [6, 6.07) is 0. The van der Waals surface area contributed by atoms with Crippen molar-refractivity contribution in [1.82, 2.24) is 0 Å². The molecule has 0 saturated heterocycles. The molecule has 1 aliphatic carbocycles. The molecule has 0 heterocycles. The zero-order valence-corrected chi connectivity index (χ0v) is 34.2. The molecular weight excluding hydrogens is 719 g/mol. The minimum atomic E-state index is -5.11. The number of carbonyl (C=O) groups is 2. The normalized spacial score (nSPS) is 23.3. The van der Waals surface area contributed by atoms with E-state index in [1.54, 1.807) is 0 Å². The second-order valence-corrected chi connectivity index (χ2v) is 16.3. The van der Waals surface area contributed by atoms with Crippen LogP contribution in [0.1, 0.15) is 174 Å². The van der Waals surface area contributed by atoms with Crippen molar-refractivity contribution in [2.45, 2.75) is 217 Å². The molecule has 0 aromatic rings. The summed E-state index contributed by atoms with van der Waals surface area (Å²) in [5, 5.41) is 49.9. The van der Waals surface area contributed by atoms with Gasteiger partial charge in [0.1, 0.15) is 43.2 Å². The molecule has 318 valence electrons. The monoisotopic (exact) mass is 794 g/mol. The van der Waals surface area contributed by atoms with E-state index in [2.05, 4.69) is 26.0 Å². The first-order chi connectivity index (χ1) is 25.9. The van der Waals surface area contributed by atoms with E-state index >= 15 is 0 Å². The zero-order valence-electron chi connectivity index (χ0n) is 33.3. The van der Waals surface area contributed by atoms with Crippen molar-refractivity contribution in [1.29, 1.82) is 0 Å². The molecule has 1 rings (SSSR count). The Balaban J connectivity index is 2.50. The van der Waals surface area contributed by atoms with Crippen LogP contribution in [-0.2, 0) is 32.7 Å². The summed E-state index contributed by atoms with van der Waals surface area (Å²) in [4.78, 5) is 35.5. The molecule has 1 fully saturated rings. The first-order valence-corrected chi connectivity index (χ1v) is 22.5. The fourth-order valence-electron chi connectivity index (χ4n) is 6.40. The van der Waals surface area contributed by atoms with Gasteiger partial charge in [-0.25, -0.2) is 4.57 Å². The molecule has 0 aliphatic heterocycles. The summed E-state index contributed by atoms with van der Waals surface area (Å²) in [6.07, 6.45) is 17.2. The van der Waals surface area contributed by atoms with Gasteiger partial charge >= 0.3 is 19.8 Å². The zero-order chi connectivity index (χ0) is 40.0. The Kier molecular flexibility index (Phi) is 29.7. The lowest BCUT2D eigenvalue weighted by Gasteiger charge is -2.41. The molecule has 14 heteroatoms. The summed E-state index contributed by atoms with van der Waals surface area (Å²) in [6.45, 7) is 3.24. The number of hydrogen-bond donors (Lipinski definition) is 6. The van der Waals surface area contributed by atoms with Crippen molar-refractivity contribution < 1.29 is 63.1 Å². The number of ether oxygens (including phenoxy) is 2. The van der Waals surface area contributed by atoms with Crippen LogP contribution in [0.3, 0.4) is 0 Å². The quantitative estimate of drug-likeness (QED) is 0.0166. The average Bonchev–Trinajstić information content (AvgIpc) is 3.15. The summed E-state index contributed by atoms with van der Waals surface area (Å²) in [5.41, 5.74) is 0. The first-order valence-electron chi connectivity index (χ1n) is 21.0. The van der Waals surface area contributed by atoms with E-state index in [1.807, 2.05) is 0 Å².